The van der Waals surface area contributed by atoms with E-state index in [1.807, 2.05) is 42.5 Å². The van der Waals surface area contributed by atoms with Crippen LogP contribution in [0.3, 0.4) is 0 Å². The maximum Gasteiger partial charge on any atom is 0.235 e. The van der Waals surface area contributed by atoms with Gasteiger partial charge in [0.2, 0.25) is 5.91 Å². The Morgan fingerprint density at radius 3 is 2.72 bits per heavy atom. The zero-order chi connectivity index (χ0) is 12.5. The van der Waals surface area contributed by atoms with Crippen molar-refractivity contribution in [3.05, 3.63) is 42.5 Å². The molecule has 3 aromatic rings. The number of alkyl halides is 1. The van der Waals surface area contributed by atoms with Crippen molar-refractivity contribution in [3.63, 3.8) is 0 Å². The molecule has 3 rings (SSSR count). The van der Waals surface area contributed by atoms with Gasteiger partial charge in [0.05, 0.1) is 5.33 Å². The summed E-state index contributed by atoms with van der Waals surface area (Å²) >= 11 is 3.12. The van der Waals surface area contributed by atoms with Gasteiger partial charge in [-0.15, -0.1) is 0 Å². The Morgan fingerprint density at radius 2 is 1.89 bits per heavy atom. The van der Waals surface area contributed by atoms with Gasteiger partial charge in [0.25, 0.3) is 0 Å². The zero-order valence-corrected chi connectivity index (χ0v) is 11.0. The number of carbonyl (C=O) groups is 1. The minimum Gasteiger partial charge on any atom is -0.456 e. The first-order valence-corrected chi connectivity index (χ1v) is 6.67. The molecule has 0 spiro atoms. The lowest BCUT2D eigenvalue weighted by molar-refractivity contribution is -0.113. The molecule has 0 atom stereocenters. The van der Waals surface area contributed by atoms with Crippen molar-refractivity contribution in [1.29, 1.82) is 0 Å². The number of amides is 1. The lowest BCUT2D eigenvalue weighted by Crippen LogP contribution is -2.11. The van der Waals surface area contributed by atoms with Gasteiger partial charge >= 0.3 is 0 Å². The molecule has 0 aliphatic carbocycles. The lowest BCUT2D eigenvalue weighted by atomic mass is 10.1. The van der Waals surface area contributed by atoms with Crippen molar-refractivity contribution in [2.24, 2.45) is 0 Å². The average molecular weight is 304 g/mol. The number of benzene rings is 2. The van der Waals surface area contributed by atoms with Crippen molar-refractivity contribution in [2.75, 3.05) is 10.6 Å². The molecule has 4 heteroatoms. The molecule has 0 radical (unpaired) electrons. The topological polar surface area (TPSA) is 42.2 Å². The highest BCUT2D eigenvalue weighted by molar-refractivity contribution is 9.09. The molecule has 90 valence electrons. The normalized spacial score (nSPS) is 10.9. The molecule has 18 heavy (non-hydrogen) atoms. The second-order valence-corrected chi connectivity index (χ2v) is 4.55. The van der Waals surface area contributed by atoms with E-state index in [1.54, 1.807) is 0 Å². The number of furan rings is 1. The Kier molecular flexibility index (Phi) is 2.80. The largest absolute Gasteiger partial charge is 0.456 e. The van der Waals surface area contributed by atoms with Crippen LogP contribution in [-0.2, 0) is 4.79 Å². The summed E-state index contributed by atoms with van der Waals surface area (Å²) in [5.74, 6) is -0.0675. The molecule has 0 aliphatic rings. The monoisotopic (exact) mass is 303 g/mol. The number of para-hydroxylation sites is 1. The molecule has 0 saturated carbocycles. The van der Waals surface area contributed by atoms with E-state index in [0.29, 0.717) is 0 Å². The van der Waals surface area contributed by atoms with Crippen LogP contribution in [0.15, 0.2) is 46.9 Å². The van der Waals surface area contributed by atoms with E-state index in [1.165, 1.54) is 0 Å². The summed E-state index contributed by atoms with van der Waals surface area (Å²) in [7, 11) is 0. The SMILES string of the molecule is O=C(CBr)Nc1ccc2oc3ccccc3c2c1. The fraction of sp³-hybridized carbons (Fsp3) is 0.0714. The van der Waals surface area contributed by atoms with Gasteiger partial charge in [-0.3, -0.25) is 4.79 Å². The van der Waals surface area contributed by atoms with Crippen molar-refractivity contribution >= 4 is 49.5 Å². The van der Waals surface area contributed by atoms with Crippen LogP contribution in [-0.4, -0.2) is 11.2 Å². The fourth-order valence-corrected chi connectivity index (χ4v) is 2.14. The molecule has 0 saturated heterocycles. The van der Waals surface area contributed by atoms with Crippen molar-refractivity contribution < 1.29 is 9.21 Å². The van der Waals surface area contributed by atoms with Crippen LogP contribution in [0.25, 0.3) is 21.9 Å². The number of anilines is 1. The van der Waals surface area contributed by atoms with Gasteiger partial charge in [-0.05, 0) is 24.3 Å². The van der Waals surface area contributed by atoms with Crippen molar-refractivity contribution in [3.8, 4) is 0 Å². The first kappa shape index (κ1) is 11.3. The van der Waals surface area contributed by atoms with Gasteiger partial charge in [-0.1, -0.05) is 34.1 Å². The number of fused-ring (bicyclic) bond motifs is 3. The van der Waals surface area contributed by atoms with Crippen LogP contribution in [0.1, 0.15) is 0 Å². The van der Waals surface area contributed by atoms with Crippen LogP contribution in [0.2, 0.25) is 0 Å². The smallest absolute Gasteiger partial charge is 0.235 e. The van der Waals surface area contributed by atoms with Gasteiger partial charge in [0, 0.05) is 16.5 Å². The van der Waals surface area contributed by atoms with Crippen LogP contribution in [0.5, 0.6) is 0 Å². The van der Waals surface area contributed by atoms with Gasteiger partial charge in [0.1, 0.15) is 11.2 Å². The van der Waals surface area contributed by atoms with E-state index < -0.39 is 0 Å². The van der Waals surface area contributed by atoms with E-state index >= 15 is 0 Å². The highest BCUT2D eigenvalue weighted by Crippen LogP contribution is 2.30. The summed E-state index contributed by atoms with van der Waals surface area (Å²) in [5, 5.41) is 5.17. The molecule has 1 amide bonds. The third kappa shape index (κ3) is 1.88. The van der Waals surface area contributed by atoms with Gasteiger partial charge in [0.15, 0.2) is 0 Å². The van der Waals surface area contributed by atoms with E-state index in [4.69, 9.17) is 4.42 Å². The molecular weight excluding hydrogens is 294 g/mol. The fourth-order valence-electron chi connectivity index (χ4n) is 2.00. The summed E-state index contributed by atoms with van der Waals surface area (Å²) < 4.78 is 5.72. The summed E-state index contributed by atoms with van der Waals surface area (Å²) in [6.07, 6.45) is 0. The molecule has 1 N–H and O–H groups in total. The molecule has 1 aromatic heterocycles. The zero-order valence-electron chi connectivity index (χ0n) is 9.44. The van der Waals surface area contributed by atoms with E-state index in [0.717, 1.165) is 27.6 Å². The second kappa shape index (κ2) is 4.46. The van der Waals surface area contributed by atoms with E-state index in [-0.39, 0.29) is 11.2 Å². The molecular formula is C14H10BrNO2. The molecule has 1 heterocycles. The average Bonchev–Trinajstić information content (AvgIpc) is 2.77. The number of rotatable bonds is 2. The Bertz CT molecular complexity index is 733. The van der Waals surface area contributed by atoms with Crippen LogP contribution in [0, 0.1) is 0 Å². The van der Waals surface area contributed by atoms with Gasteiger partial charge in [-0.2, -0.15) is 0 Å². The first-order valence-electron chi connectivity index (χ1n) is 5.55. The number of hydrogen-bond donors (Lipinski definition) is 1. The summed E-state index contributed by atoms with van der Waals surface area (Å²) in [4.78, 5) is 11.3. The maximum absolute atomic E-state index is 11.3. The quantitative estimate of drug-likeness (QED) is 0.729. The molecule has 0 unspecified atom stereocenters. The minimum atomic E-state index is -0.0675. The highest BCUT2D eigenvalue weighted by atomic mass is 79.9. The predicted octanol–water partition coefficient (Wildman–Crippen LogP) is 3.92. The third-order valence-corrected chi connectivity index (χ3v) is 3.29. The van der Waals surface area contributed by atoms with E-state index in [2.05, 4.69) is 21.2 Å². The van der Waals surface area contributed by atoms with Crippen molar-refractivity contribution in [1.82, 2.24) is 0 Å². The van der Waals surface area contributed by atoms with Gasteiger partial charge in [-0.25, -0.2) is 0 Å². The molecule has 0 aliphatic heterocycles. The summed E-state index contributed by atoms with van der Waals surface area (Å²) in [6, 6.07) is 13.5. The Balaban J connectivity index is 2.15. The summed E-state index contributed by atoms with van der Waals surface area (Å²) in [6.45, 7) is 0. The molecule has 2 aromatic carbocycles. The lowest BCUT2D eigenvalue weighted by Gasteiger charge is -2.02. The third-order valence-electron chi connectivity index (χ3n) is 2.78. The van der Waals surface area contributed by atoms with E-state index in [9.17, 15) is 4.79 Å². The molecule has 0 bridgehead atoms. The first-order chi connectivity index (χ1) is 8.78. The highest BCUT2D eigenvalue weighted by Gasteiger charge is 2.07. The maximum atomic E-state index is 11.3. The number of hydrogen-bond acceptors (Lipinski definition) is 2. The second-order valence-electron chi connectivity index (χ2n) is 3.99. The number of carbonyl (C=O) groups excluding carboxylic acids is 1. The van der Waals surface area contributed by atoms with Gasteiger partial charge < -0.3 is 9.73 Å². The molecule has 3 nitrogen and oxygen atoms in total. The minimum absolute atomic E-state index is 0.0675. The number of nitrogens with one attached hydrogen (secondary N) is 1. The van der Waals surface area contributed by atoms with Crippen LogP contribution < -0.4 is 5.32 Å². The summed E-state index contributed by atoms with van der Waals surface area (Å²) in [5.41, 5.74) is 2.46. The number of halogens is 1. The predicted molar refractivity (Wildman–Crippen MR) is 76.1 cm³/mol. The molecule has 0 fully saturated rings. The standard InChI is InChI=1S/C14H10BrNO2/c15-8-14(17)16-9-5-6-13-11(7-9)10-3-1-2-4-12(10)18-13/h1-7H,8H2,(H,16,17). The Morgan fingerprint density at radius 1 is 1.11 bits per heavy atom. The van der Waals surface area contributed by atoms with Crippen LogP contribution >= 0.6 is 15.9 Å². The van der Waals surface area contributed by atoms with Crippen LogP contribution in [0.4, 0.5) is 5.69 Å². The Hall–Kier alpha value is -1.81. The van der Waals surface area contributed by atoms with Crippen molar-refractivity contribution in [2.45, 2.75) is 0 Å². The Labute approximate surface area is 112 Å².